The van der Waals surface area contributed by atoms with Crippen LogP contribution in [0.5, 0.6) is 0 Å². The van der Waals surface area contributed by atoms with Crippen molar-refractivity contribution in [2.24, 2.45) is 4.99 Å². The molecule has 0 aromatic heterocycles. The summed E-state index contributed by atoms with van der Waals surface area (Å²) in [7, 11) is 0. The standard InChI is InChI=1S/C19H19BrClN3O/c20-14-5-9-16(10-6-14)22-18-4-2-1-3-13-24(18)19(25)23-17-11-7-15(21)8-12-17/h5-12H,1-4,13H2,(H,23,25). The zero-order valence-electron chi connectivity index (χ0n) is 13.7. The first kappa shape index (κ1) is 18.0. The molecule has 0 radical (unpaired) electrons. The number of aliphatic imine (C=N–C) groups is 1. The predicted octanol–water partition coefficient (Wildman–Crippen LogP) is 6.24. The highest BCUT2D eigenvalue weighted by Gasteiger charge is 2.21. The first-order valence-electron chi connectivity index (χ1n) is 8.29. The fourth-order valence-electron chi connectivity index (χ4n) is 2.72. The smallest absolute Gasteiger partial charge is 0.308 e. The Bertz CT molecular complexity index is 759. The number of rotatable bonds is 2. The SMILES string of the molecule is O=C(Nc1ccc(Cl)cc1)N1CCCCCC1=Nc1ccc(Br)cc1. The maximum absolute atomic E-state index is 12.8. The summed E-state index contributed by atoms with van der Waals surface area (Å²) in [6, 6.07) is 14.7. The van der Waals surface area contributed by atoms with Gasteiger partial charge >= 0.3 is 6.03 Å². The van der Waals surface area contributed by atoms with E-state index in [-0.39, 0.29) is 6.03 Å². The van der Waals surface area contributed by atoms with Crippen LogP contribution in [-0.2, 0) is 0 Å². The number of benzene rings is 2. The highest BCUT2D eigenvalue weighted by atomic mass is 79.9. The fraction of sp³-hybridized carbons (Fsp3) is 0.263. The lowest BCUT2D eigenvalue weighted by atomic mass is 10.2. The van der Waals surface area contributed by atoms with E-state index in [4.69, 9.17) is 16.6 Å². The third-order valence-electron chi connectivity index (χ3n) is 4.02. The Labute approximate surface area is 161 Å². The van der Waals surface area contributed by atoms with Crippen LogP contribution in [0.3, 0.4) is 0 Å². The van der Waals surface area contributed by atoms with E-state index < -0.39 is 0 Å². The number of halogens is 2. The summed E-state index contributed by atoms with van der Waals surface area (Å²) in [5, 5.41) is 3.58. The predicted molar refractivity (Wildman–Crippen MR) is 107 cm³/mol. The number of nitrogens with one attached hydrogen (secondary N) is 1. The van der Waals surface area contributed by atoms with Gasteiger partial charge in [0.25, 0.3) is 0 Å². The van der Waals surface area contributed by atoms with Gasteiger partial charge in [0.1, 0.15) is 5.84 Å². The number of carbonyl (C=O) groups excluding carboxylic acids is 1. The molecular formula is C19H19BrClN3O. The molecule has 0 atom stereocenters. The van der Waals surface area contributed by atoms with Gasteiger partial charge in [-0.2, -0.15) is 0 Å². The van der Waals surface area contributed by atoms with Gasteiger partial charge in [0.05, 0.1) is 5.69 Å². The number of likely N-dealkylation sites (tertiary alicyclic amines) is 1. The van der Waals surface area contributed by atoms with Crippen LogP contribution >= 0.6 is 27.5 Å². The first-order valence-corrected chi connectivity index (χ1v) is 9.46. The Morgan fingerprint density at radius 1 is 1.04 bits per heavy atom. The minimum Gasteiger partial charge on any atom is -0.308 e. The number of hydrogen-bond acceptors (Lipinski definition) is 2. The summed E-state index contributed by atoms with van der Waals surface area (Å²) >= 11 is 9.33. The summed E-state index contributed by atoms with van der Waals surface area (Å²) in [5.41, 5.74) is 1.58. The van der Waals surface area contributed by atoms with Gasteiger partial charge in [-0.25, -0.2) is 9.79 Å². The van der Waals surface area contributed by atoms with Crippen LogP contribution in [0.4, 0.5) is 16.2 Å². The molecule has 1 saturated heterocycles. The van der Waals surface area contributed by atoms with Crippen molar-refractivity contribution < 1.29 is 4.79 Å². The lowest BCUT2D eigenvalue weighted by Gasteiger charge is -2.22. The van der Waals surface area contributed by atoms with Crippen molar-refractivity contribution in [1.82, 2.24) is 4.90 Å². The van der Waals surface area contributed by atoms with Crippen molar-refractivity contribution in [3.63, 3.8) is 0 Å². The van der Waals surface area contributed by atoms with E-state index in [2.05, 4.69) is 21.2 Å². The second-order valence-corrected chi connectivity index (χ2v) is 7.26. The van der Waals surface area contributed by atoms with Gasteiger partial charge in [0.2, 0.25) is 0 Å². The molecule has 1 aliphatic heterocycles. The molecule has 1 fully saturated rings. The van der Waals surface area contributed by atoms with Gasteiger partial charge in [-0.15, -0.1) is 0 Å². The summed E-state index contributed by atoms with van der Waals surface area (Å²) in [4.78, 5) is 19.2. The number of amides is 2. The molecule has 1 N–H and O–H groups in total. The van der Waals surface area contributed by atoms with Gasteiger partial charge in [-0.3, -0.25) is 4.90 Å². The third-order valence-corrected chi connectivity index (χ3v) is 4.80. The molecule has 2 aromatic rings. The molecule has 0 aliphatic carbocycles. The Morgan fingerprint density at radius 3 is 2.48 bits per heavy atom. The summed E-state index contributed by atoms with van der Waals surface area (Å²) in [6.45, 7) is 0.675. The van der Waals surface area contributed by atoms with Crippen LogP contribution in [0.25, 0.3) is 0 Å². The number of amidine groups is 1. The van der Waals surface area contributed by atoms with E-state index in [1.165, 1.54) is 0 Å². The van der Waals surface area contributed by atoms with Gasteiger partial charge in [0, 0.05) is 28.1 Å². The van der Waals surface area contributed by atoms with Crippen molar-refractivity contribution in [2.75, 3.05) is 11.9 Å². The maximum Gasteiger partial charge on any atom is 0.327 e. The Morgan fingerprint density at radius 2 is 1.76 bits per heavy atom. The fourth-order valence-corrected chi connectivity index (χ4v) is 3.11. The second-order valence-electron chi connectivity index (χ2n) is 5.90. The lowest BCUT2D eigenvalue weighted by Crippen LogP contribution is -2.39. The molecule has 4 nitrogen and oxygen atoms in total. The van der Waals surface area contributed by atoms with E-state index >= 15 is 0 Å². The zero-order chi connectivity index (χ0) is 17.6. The lowest BCUT2D eigenvalue weighted by molar-refractivity contribution is 0.233. The normalized spacial score (nSPS) is 16.6. The van der Waals surface area contributed by atoms with Crippen LogP contribution in [-0.4, -0.2) is 23.3 Å². The molecule has 0 bridgehead atoms. The first-order chi connectivity index (χ1) is 12.1. The Hall–Kier alpha value is -1.85. The minimum absolute atomic E-state index is 0.153. The summed E-state index contributed by atoms with van der Waals surface area (Å²) < 4.78 is 1.01. The maximum atomic E-state index is 12.8. The number of carbonyl (C=O) groups is 1. The topological polar surface area (TPSA) is 44.7 Å². The minimum atomic E-state index is -0.153. The van der Waals surface area contributed by atoms with E-state index in [9.17, 15) is 4.79 Å². The number of urea groups is 1. The van der Waals surface area contributed by atoms with E-state index in [1.54, 1.807) is 29.2 Å². The molecule has 1 aliphatic rings. The molecule has 0 spiro atoms. The van der Waals surface area contributed by atoms with Crippen LogP contribution in [0, 0.1) is 0 Å². The number of anilines is 1. The van der Waals surface area contributed by atoms with Crippen molar-refractivity contribution in [2.45, 2.75) is 25.7 Å². The van der Waals surface area contributed by atoms with E-state index in [0.717, 1.165) is 47.4 Å². The van der Waals surface area contributed by atoms with Crippen LogP contribution in [0.2, 0.25) is 5.02 Å². The third kappa shape index (κ3) is 5.06. The summed E-state index contributed by atoms with van der Waals surface area (Å²) in [6.07, 6.45) is 3.92. The molecule has 1 heterocycles. The molecule has 3 rings (SSSR count). The number of hydrogen-bond donors (Lipinski definition) is 1. The van der Waals surface area contributed by atoms with Crippen LogP contribution in [0.15, 0.2) is 58.0 Å². The highest BCUT2D eigenvalue weighted by Crippen LogP contribution is 2.21. The summed E-state index contributed by atoms with van der Waals surface area (Å²) in [5.74, 6) is 0.811. The molecule has 2 aromatic carbocycles. The van der Waals surface area contributed by atoms with E-state index in [1.807, 2.05) is 24.3 Å². The molecule has 0 saturated carbocycles. The van der Waals surface area contributed by atoms with Crippen LogP contribution in [0.1, 0.15) is 25.7 Å². The molecule has 2 amide bonds. The van der Waals surface area contributed by atoms with Gasteiger partial charge in [-0.05, 0) is 61.4 Å². The van der Waals surface area contributed by atoms with Gasteiger partial charge in [-0.1, -0.05) is 34.0 Å². The van der Waals surface area contributed by atoms with Gasteiger partial charge in [0.15, 0.2) is 0 Å². The van der Waals surface area contributed by atoms with Crippen molar-refractivity contribution >= 4 is 50.8 Å². The highest BCUT2D eigenvalue weighted by molar-refractivity contribution is 9.10. The average molecular weight is 421 g/mol. The molecule has 130 valence electrons. The van der Waals surface area contributed by atoms with E-state index in [0.29, 0.717) is 11.6 Å². The Kier molecular flexibility index (Phi) is 6.10. The van der Waals surface area contributed by atoms with Crippen LogP contribution < -0.4 is 5.32 Å². The molecule has 6 heteroatoms. The molecular weight excluding hydrogens is 402 g/mol. The van der Waals surface area contributed by atoms with Crippen molar-refractivity contribution in [1.29, 1.82) is 0 Å². The monoisotopic (exact) mass is 419 g/mol. The van der Waals surface area contributed by atoms with Crippen molar-refractivity contribution in [3.8, 4) is 0 Å². The zero-order valence-corrected chi connectivity index (χ0v) is 16.1. The number of nitrogens with zero attached hydrogens (tertiary/aromatic N) is 2. The molecule has 25 heavy (non-hydrogen) atoms. The van der Waals surface area contributed by atoms with Gasteiger partial charge < -0.3 is 5.32 Å². The second kappa shape index (κ2) is 8.50. The largest absolute Gasteiger partial charge is 0.327 e. The Balaban J connectivity index is 1.80. The average Bonchev–Trinajstić information content (AvgIpc) is 2.84. The van der Waals surface area contributed by atoms with Crippen molar-refractivity contribution in [3.05, 3.63) is 58.0 Å². The molecule has 0 unspecified atom stereocenters. The quantitative estimate of drug-likeness (QED) is 0.614.